The molecule has 0 aliphatic carbocycles. The Morgan fingerprint density at radius 3 is 2.71 bits per heavy atom. The van der Waals surface area contributed by atoms with Crippen LogP contribution in [0.4, 0.5) is 0 Å². The molecule has 0 saturated carbocycles. The third kappa shape index (κ3) is 2.86. The summed E-state index contributed by atoms with van der Waals surface area (Å²) in [5.41, 5.74) is 0.772. The van der Waals surface area contributed by atoms with Crippen LogP contribution in [-0.4, -0.2) is 24.2 Å². The quantitative estimate of drug-likeness (QED) is 0.818. The monoisotopic (exact) mass is 233 g/mol. The highest BCUT2D eigenvalue weighted by Crippen LogP contribution is 2.31. The Bertz CT molecular complexity index is 369. The Kier molecular flexibility index (Phi) is 3.79. The molecule has 92 valence electrons. The number of carboxylic acids is 1. The number of rotatable bonds is 5. The zero-order valence-electron chi connectivity index (χ0n) is 9.98. The Morgan fingerprint density at radius 1 is 1.35 bits per heavy atom. The largest absolute Gasteiger partial charge is 0.481 e. The molecular formula is C14H19NO2. The van der Waals surface area contributed by atoms with Gasteiger partial charge in [0.1, 0.15) is 0 Å². The van der Waals surface area contributed by atoms with Crippen molar-refractivity contribution < 1.29 is 9.90 Å². The fourth-order valence-electron chi connectivity index (χ4n) is 2.52. The second-order valence-electron chi connectivity index (χ2n) is 4.85. The Hall–Kier alpha value is -1.35. The van der Waals surface area contributed by atoms with Gasteiger partial charge in [-0.15, -0.1) is 0 Å². The van der Waals surface area contributed by atoms with Crippen molar-refractivity contribution in [1.29, 1.82) is 0 Å². The smallest absolute Gasteiger partial charge is 0.310 e. The minimum absolute atomic E-state index is 0.519. The normalized spacial score (nSPS) is 23.8. The molecule has 1 aromatic carbocycles. The number of hydrogen-bond acceptors (Lipinski definition) is 2. The lowest BCUT2D eigenvalue weighted by atomic mass is 9.81. The first-order valence-corrected chi connectivity index (χ1v) is 6.21. The number of aliphatic carboxylic acids is 1. The van der Waals surface area contributed by atoms with Gasteiger partial charge in [-0.25, -0.2) is 0 Å². The summed E-state index contributed by atoms with van der Waals surface area (Å²) in [4.78, 5) is 11.3. The second kappa shape index (κ2) is 5.32. The molecule has 1 unspecified atom stereocenters. The number of aryl methyl sites for hydroxylation is 1. The van der Waals surface area contributed by atoms with Crippen molar-refractivity contribution in [2.75, 3.05) is 13.1 Å². The van der Waals surface area contributed by atoms with Crippen LogP contribution in [0.15, 0.2) is 30.3 Å². The van der Waals surface area contributed by atoms with Crippen LogP contribution in [-0.2, 0) is 11.2 Å². The van der Waals surface area contributed by atoms with Gasteiger partial charge in [0, 0.05) is 6.54 Å². The summed E-state index contributed by atoms with van der Waals surface area (Å²) in [6.07, 6.45) is 3.44. The second-order valence-corrected chi connectivity index (χ2v) is 4.85. The van der Waals surface area contributed by atoms with Gasteiger partial charge < -0.3 is 10.4 Å². The van der Waals surface area contributed by atoms with Crippen molar-refractivity contribution in [3.8, 4) is 0 Å². The topological polar surface area (TPSA) is 49.3 Å². The summed E-state index contributed by atoms with van der Waals surface area (Å²) in [7, 11) is 0. The molecule has 1 saturated heterocycles. The summed E-state index contributed by atoms with van der Waals surface area (Å²) < 4.78 is 0. The van der Waals surface area contributed by atoms with E-state index in [0.29, 0.717) is 6.54 Å². The average molecular weight is 233 g/mol. The van der Waals surface area contributed by atoms with Gasteiger partial charge in [-0.3, -0.25) is 4.79 Å². The molecule has 1 heterocycles. The van der Waals surface area contributed by atoms with Crippen LogP contribution in [0.1, 0.15) is 24.8 Å². The standard InChI is InChI=1S/C14H19NO2/c16-13(17)14(9-10-15-11-14)8-4-7-12-5-2-1-3-6-12/h1-3,5-6,15H,4,7-11H2,(H,16,17). The van der Waals surface area contributed by atoms with E-state index < -0.39 is 11.4 Å². The minimum Gasteiger partial charge on any atom is -0.481 e. The molecule has 3 nitrogen and oxygen atoms in total. The first-order valence-electron chi connectivity index (χ1n) is 6.21. The highest BCUT2D eigenvalue weighted by molar-refractivity contribution is 5.75. The van der Waals surface area contributed by atoms with Gasteiger partial charge in [0.25, 0.3) is 0 Å². The van der Waals surface area contributed by atoms with E-state index in [0.717, 1.165) is 32.2 Å². The summed E-state index contributed by atoms with van der Waals surface area (Å²) in [5.74, 6) is -0.643. The minimum atomic E-state index is -0.643. The maximum absolute atomic E-state index is 11.3. The molecule has 0 spiro atoms. The number of carbonyl (C=O) groups is 1. The van der Waals surface area contributed by atoms with Crippen molar-refractivity contribution in [2.24, 2.45) is 5.41 Å². The van der Waals surface area contributed by atoms with Gasteiger partial charge in [-0.05, 0) is 37.8 Å². The molecule has 1 aromatic rings. The van der Waals surface area contributed by atoms with E-state index in [1.54, 1.807) is 0 Å². The van der Waals surface area contributed by atoms with Crippen molar-refractivity contribution in [2.45, 2.75) is 25.7 Å². The van der Waals surface area contributed by atoms with Crippen molar-refractivity contribution >= 4 is 5.97 Å². The van der Waals surface area contributed by atoms with Crippen molar-refractivity contribution in [3.05, 3.63) is 35.9 Å². The predicted octanol–water partition coefficient (Wildman–Crippen LogP) is 2.07. The summed E-state index contributed by atoms with van der Waals surface area (Å²) in [6.45, 7) is 1.45. The fourth-order valence-corrected chi connectivity index (χ4v) is 2.52. The van der Waals surface area contributed by atoms with E-state index in [-0.39, 0.29) is 0 Å². The number of nitrogens with one attached hydrogen (secondary N) is 1. The summed E-state index contributed by atoms with van der Waals surface area (Å²) in [6, 6.07) is 10.3. The Balaban J connectivity index is 1.87. The molecule has 1 atom stereocenters. The first kappa shape index (κ1) is 12.1. The molecule has 0 radical (unpaired) electrons. The third-order valence-electron chi connectivity index (χ3n) is 3.66. The molecule has 3 heteroatoms. The molecule has 1 aliphatic heterocycles. The van der Waals surface area contributed by atoms with Crippen LogP contribution in [0.3, 0.4) is 0 Å². The van der Waals surface area contributed by atoms with Gasteiger partial charge in [0.05, 0.1) is 5.41 Å². The Labute approximate surface area is 102 Å². The number of carboxylic acid groups (broad SMARTS) is 1. The van der Waals surface area contributed by atoms with E-state index >= 15 is 0 Å². The summed E-state index contributed by atoms with van der Waals surface area (Å²) in [5, 5.41) is 12.5. The lowest BCUT2D eigenvalue weighted by Crippen LogP contribution is -2.33. The van der Waals surface area contributed by atoms with Crippen LogP contribution in [0.25, 0.3) is 0 Å². The van der Waals surface area contributed by atoms with Gasteiger partial charge in [-0.2, -0.15) is 0 Å². The fraction of sp³-hybridized carbons (Fsp3) is 0.500. The van der Waals surface area contributed by atoms with E-state index in [9.17, 15) is 9.90 Å². The van der Waals surface area contributed by atoms with Gasteiger partial charge in [0.2, 0.25) is 0 Å². The predicted molar refractivity (Wildman–Crippen MR) is 66.9 cm³/mol. The molecule has 0 amide bonds. The Morgan fingerprint density at radius 2 is 2.12 bits per heavy atom. The van der Waals surface area contributed by atoms with Crippen LogP contribution >= 0.6 is 0 Å². The molecule has 1 fully saturated rings. The van der Waals surface area contributed by atoms with Gasteiger partial charge in [-0.1, -0.05) is 30.3 Å². The SMILES string of the molecule is O=C(O)C1(CCCc2ccccc2)CCNC1. The first-order chi connectivity index (χ1) is 8.23. The third-order valence-corrected chi connectivity index (χ3v) is 3.66. The van der Waals surface area contributed by atoms with Gasteiger partial charge in [0.15, 0.2) is 0 Å². The van der Waals surface area contributed by atoms with E-state index in [4.69, 9.17) is 0 Å². The zero-order valence-corrected chi connectivity index (χ0v) is 9.98. The highest BCUT2D eigenvalue weighted by atomic mass is 16.4. The van der Waals surface area contributed by atoms with Gasteiger partial charge >= 0.3 is 5.97 Å². The lowest BCUT2D eigenvalue weighted by Gasteiger charge is -2.22. The molecule has 1 aliphatic rings. The van der Waals surface area contributed by atoms with Crippen molar-refractivity contribution in [3.63, 3.8) is 0 Å². The maximum Gasteiger partial charge on any atom is 0.310 e. The van der Waals surface area contributed by atoms with Crippen molar-refractivity contribution in [1.82, 2.24) is 5.32 Å². The maximum atomic E-state index is 11.3. The molecule has 0 aromatic heterocycles. The van der Waals surface area contributed by atoms with Crippen LogP contribution < -0.4 is 5.32 Å². The lowest BCUT2D eigenvalue weighted by molar-refractivity contribution is -0.148. The molecule has 17 heavy (non-hydrogen) atoms. The number of benzene rings is 1. The van der Waals surface area contributed by atoms with E-state index in [1.807, 2.05) is 18.2 Å². The van der Waals surface area contributed by atoms with Crippen LogP contribution in [0.5, 0.6) is 0 Å². The molecule has 2 N–H and O–H groups in total. The highest BCUT2D eigenvalue weighted by Gasteiger charge is 2.40. The zero-order chi connectivity index (χ0) is 12.1. The summed E-state index contributed by atoms with van der Waals surface area (Å²) >= 11 is 0. The van der Waals surface area contributed by atoms with E-state index in [1.165, 1.54) is 5.56 Å². The number of hydrogen-bond donors (Lipinski definition) is 2. The molecule has 0 bridgehead atoms. The average Bonchev–Trinajstić information content (AvgIpc) is 2.80. The molecule has 2 rings (SSSR count). The van der Waals surface area contributed by atoms with Crippen LogP contribution in [0, 0.1) is 5.41 Å². The van der Waals surface area contributed by atoms with Crippen LogP contribution in [0.2, 0.25) is 0 Å². The van der Waals surface area contributed by atoms with E-state index in [2.05, 4.69) is 17.4 Å². The molecular weight excluding hydrogens is 214 g/mol.